The van der Waals surface area contributed by atoms with Crippen LogP contribution in [0.5, 0.6) is 0 Å². The largest absolute Gasteiger partial charge is 0.396 e. The molecule has 216 valence electrons. The summed E-state index contributed by atoms with van der Waals surface area (Å²) in [6, 6.07) is 9.97. The number of hydrogen-bond donors (Lipinski definition) is 3. The van der Waals surface area contributed by atoms with E-state index in [0.717, 1.165) is 32.5 Å². The first-order valence-electron chi connectivity index (χ1n) is 13.9. The molecule has 1 spiro atoms. The number of carbonyl (C=O) groups excluding carboxylic acids is 1. The fraction of sp³-hybridized carbons (Fsp3) is 0.448. The van der Waals surface area contributed by atoms with E-state index in [0.29, 0.717) is 50.3 Å². The molecule has 3 heterocycles. The van der Waals surface area contributed by atoms with Crippen molar-refractivity contribution in [2.75, 3.05) is 49.7 Å². The van der Waals surface area contributed by atoms with Gasteiger partial charge >= 0.3 is 0 Å². The van der Waals surface area contributed by atoms with Crippen molar-refractivity contribution in [3.05, 3.63) is 53.4 Å². The van der Waals surface area contributed by atoms with E-state index in [1.54, 1.807) is 24.4 Å². The van der Waals surface area contributed by atoms with Gasteiger partial charge < -0.3 is 15.7 Å². The van der Waals surface area contributed by atoms with Crippen LogP contribution in [0.15, 0.2) is 47.6 Å². The Morgan fingerprint density at radius 2 is 2.02 bits per heavy atom. The Hall–Kier alpha value is -2.83. The number of aliphatic hydroxyl groups excluding tert-OH is 1. The topological polar surface area (TPSA) is 107 Å². The zero-order valence-corrected chi connectivity index (χ0v) is 24.4. The summed E-state index contributed by atoms with van der Waals surface area (Å²) in [6.45, 7) is 3.26. The molecule has 3 N–H and O–H groups in total. The molecule has 0 unspecified atom stereocenters. The number of rotatable bonds is 9. The number of benzene rings is 1. The molecule has 0 radical (unpaired) electrons. The van der Waals surface area contributed by atoms with Crippen molar-refractivity contribution in [3.8, 4) is 11.3 Å². The molecule has 0 atom stereocenters. The highest BCUT2D eigenvalue weighted by atomic mass is 35.5. The van der Waals surface area contributed by atoms with Gasteiger partial charge in [-0.25, -0.2) is 9.37 Å². The fourth-order valence-corrected chi connectivity index (χ4v) is 6.51. The van der Waals surface area contributed by atoms with E-state index < -0.39 is 5.82 Å². The maximum atomic E-state index is 14.5. The number of nitrogens with one attached hydrogen (secondary N) is 2. The summed E-state index contributed by atoms with van der Waals surface area (Å²) in [5.74, 6) is 0.382. The van der Waals surface area contributed by atoms with E-state index in [9.17, 15) is 14.3 Å². The summed E-state index contributed by atoms with van der Waals surface area (Å²) in [6.07, 6.45) is 5.93. The third-order valence-corrected chi connectivity index (χ3v) is 9.64. The van der Waals surface area contributed by atoms with Gasteiger partial charge in [-0.15, -0.1) is 22.0 Å². The molecule has 6 rings (SSSR count). The Bertz CT molecular complexity index is 1440. The zero-order valence-electron chi connectivity index (χ0n) is 22.8. The van der Waals surface area contributed by atoms with Crippen LogP contribution in [0.1, 0.15) is 25.7 Å². The number of anilines is 3. The SMILES string of the molecule is CN1CCN(C2CC(C(=O)Nc3cc(Nc4cc(-c5cc(Cl)ccc5F)nnc4SCCO)ccn3)C2)CC12CC2. The van der Waals surface area contributed by atoms with Gasteiger partial charge in [0.25, 0.3) is 0 Å². The number of hydrogen-bond acceptors (Lipinski definition) is 9. The summed E-state index contributed by atoms with van der Waals surface area (Å²) < 4.78 is 14.5. The predicted molar refractivity (Wildman–Crippen MR) is 159 cm³/mol. The molecular formula is C29H33ClFN7O2S. The fourth-order valence-electron chi connectivity index (χ4n) is 5.69. The predicted octanol–water partition coefficient (Wildman–Crippen LogP) is 4.66. The minimum atomic E-state index is -0.461. The molecule has 41 heavy (non-hydrogen) atoms. The summed E-state index contributed by atoms with van der Waals surface area (Å²) in [5.41, 5.74) is 2.18. The molecule has 0 bridgehead atoms. The Kier molecular flexibility index (Phi) is 8.15. The van der Waals surface area contributed by atoms with Gasteiger partial charge in [0.2, 0.25) is 5.91 Å². The summed E-state index contributed by atoms with van der Waals surface area (Å²) in [5, 5.41) is 25.0. The van der Waals surface area contributed by atoms with Crippen molar-refractivity contribution in [2.24, 2.45) is 5.92 Å². The van der Waals surface area contributed by atoms with Crippen LogP contribution in [-0.4, -0.2) is 86.6 Å². The van der Waals surface area contributed by atoms with Crippen molar-refractivity contribution >= 4 is 46.5 Å². The average Bonchev–Trinajstić information content (AvgIpc) is 3.71. The van der Waals surface area contributed by atoms with Crippen molar-refractivity contribution < 1.29 is 14.3 Å². The second-order valence-corrected chi connectivity index (χ2v) is 12.6. The monoisotopic (exact) mass is 597 g/mol. The molecule has 1 aromatic carbocycles. The maximum absolute atomic E-state index is 14.5. The molecular weight excluding hydrogens is 565 g/mol. The van der Waals surface area contributed by atoms with Crippen LogP contribution in [0.25, 0.3) is 11.3 Å². The zero-order chi connectivity index (χ0) is 28.6. The first kappa shape index (κ1) is 28.3. The standard InChI is InChI=1S/C29H33ClFN7O2S/c1-37-8-9-38(17-29(37)5-6-29)21-12-18(13-21)27(40)34-26-15-20(4-7-32-26)33-25-16-24(35-36-28(25)41-11-10-39)22-14-19(30)2-3-23(22)31/h2-4,7,14-16,18,21,39H,5-6,8-13,17H2,1H3,(H2,32,33,34,35,40). The van der Waals surface area contributed by atoms with Crippen LogP contribution in [0.4, 0.5) is 21.6 Å². The average molecular weight is 598 g/mol. The second kappa shape index (κ2) is 11.8. The highest BCUT2D eigenvalue weighted by molar-refractivity contribution is 7.99. The molecule has 3 aromatic rings. The normalized spacial score (nSPS) is 21.9. The number of likely N-dealkylation sites (N-methyl/N-ethyl adjacent to an activating group) is 1. The van der Waals surface area contributed by atoms with Gasteiger partial charge in [0.1, 0.15) is 16.7 Å². The highest BCUT2D eigenvalue weighted by Gasteiger charge is 2.51. The Morgan fingerprint density at radius 3 is 2.80 bits per heavy atom. The van der Waals surface area contributed by atoms with Crippen LogP contribution in [0.3, 0.4) is 0 Å². The number of nitrogens with zero attached hydrogens (tertiary/aromatic N) is 5. The Labute approximate surface area is 247 Å². The maximum Gasteiger partial charge on any atom is 0.228 e. The van der Waals surface area contributed by atoms with Crippen molar-refractivity contribution in [2.45, 2.75) is 42.3 Å². The van der Waals surface area contributed by atoms with Crippen LogP contribution in [0.2, 0.25) is 5.02 Å². The third kappa shape index (κ3) is 6.19. The van der Waals surface area contributed by atoms with Gasteiger partial charge in [-0.2, -0.15) is 0 Å². The van der Waals surface area contributed by atoms with Crippen LogP contribution >= 0.6 is 23.4 Å². The lowest BCUT2D eigenvalue weighted by Crippen LogP contribution is -2.59. The lowest BCUT2D eigenvalue weighted by atomic mass is 9.78. The number of pyridine rings is 1. The summed E-state index contributed by atoms with van der Waals surface area (Å²) in [4.78, 5) is 22.5. The van der Waals surface area contributed by atoms with E-state index in [-0.39, 0.29) is 24.0 Å². The van der Waals surface area contributed by atoms with E-state index in [4.69, 9.17) is 11.6 Å². The molecule has 2 aromatic heterocycles. The lowest BCUT2D eigenvalue weighted by molar-refractivity contribution is -0.125. The molecule has 1 saturated heterocycles. The number of piperazine rings is 1. The van der Waals surface area contributed by atoms with Gasteiger partial charge in [-0.3, -0.25) is 14.6 Å². The van der Waals surface area contributed by atoms with E-state index in [1.165, 1.54) is 42.8 Å². The third-order valence-electron chi connectivity index (χ3n) is 8.44. The molecule has 1 amide bonds. The molecule has 9 nitrogen and oxygen atoms in total. The quantitative estimate of drug-likeness (QED) is 0.304. The molecule has 3 aliphatic rings. The number of halogens is 2. The number of aromatic nitrogens is 3. The first-order chi connectivity index (χ1) is 19.8. The first-order valence-corrected chi connectivity index (χ1v) is 15.3. The van der Waals surface area contributed by atoms with Crippen molar-refractivity contribution in [3.63, 3.8) is 0 Å². The van der Waals surface area contributed by atoms with Gasteiger partial charge in [-0.05, 0) is 63.1 Å². The minimum absolute atomic E-state index is 0.00958. The Balaban J connectivity index is 1.12. The van der Waals surface area contributed by atoms with Crippen LogP contribution in [0, 0.1) is 11.7 Å². The smallest absolute Gasteiger partial charge is 0.228 e. The van der Waals surface area contributed by atoms with Crippen molar-refractivity contribution in [1.29, 1.82) is 0 Å². The lowest BCUT2D eigenvalue weighted by Gasteiger charge is -2.48. The van der Waals surface area contributed by atoms with Crippen molar-refractivity contribution in [1.82, 2.24) is 25.0 Å². The molecule has 2 saturated carbocycles. The molecule has 12 heteroatoms. The summed E-state index contributed by atoms with van der Waals surface area (Å²) >= 11 is 7.41. The number of aliphatic hydroxyl groups is 1. The minimum Gasteiger partial charge on any atom is -0.396 e. The van der Waals surface area contributed by atoms with Gasteiger partial charge in [0.05, 0.1) is 18.0 Å². The van der Waals surface area contributed by atoms with Crippen LogP contribution in [-0.2, 0) is 4.79 Å². The number of carbonyl (C=O) groups is 1. The van der Waals surface area contributed by atoms with E-state index in [1.807, 2.05) is 0 Å². The van der Waals surface area contributed by atoms with E-state index in [2.05, 4.69) is 42.7 Å². The van der Waals surface area contributed by atoms with Crippen LogP contribution < -0.4 is 10.6 Å². The number of thioether (sulfide) groups is 1. The molecule has 3 fully saturated rings. The molecule has 1 aliphatic heterocycles. The van der Waals surface area contributed by atoms with Gasteiger partial charge in [-0.1, -0.05) is 11.6 Å². The highest BCUT2D eigenvalue weighted by Crippen LogP contribution is 2.45. The van der Waals surface area contributed by atoms with E-state index >= 15 is 0 Å². The number of amides is 1. The Morgan fingerprint density at radius 1 is 1.20 bits per heavy atom. The van der Waals surface area contributed by atoms with Gasteiger partial charge in [0, 0.05) is 71.4 Å². The van der Waals surface area contributed by atoms with Gasteiger partial charge in [0.15, 0.2) is 0 Å². The molecule has 2 aliphatic carbocycles. The second-order valence-electron chi connectivity index (χ2n) is 11.1. The summed E-state index contributed by atoms with van der Waals surface area (Å²) in [7, 11) is 2.23.